The summed E-state index contributed by atoms with van der Waals surface area (Å²) in [5.41, 5.74) is 2.42. The smallest absolute Gasteiger partial charge is 0.168 e. The third-order valence-corrected chi connectivity index (χ3v) is 3.07. The average molecular weight is 288 g/mol. The summed E-state index contributed by atoms with van der Waals surface area (Å²) in [6.07, 6.45) is 0.359. The minimum atomic E-state index is 0.0382. The molecule has 0 bridgehead atoms. The highest BCUT2D eigenvalue weighted by atomic mass is 79.9. The Morgan fingerprint density at radius 1 is 1.53 bits per heavy atom. The van der Waals surface area contributed by atoms with Crippen LogP contribution in [0.25, 0.3) is 0 Å². The van der Waals surface area contributed by atoms with Crippen LogP contribution in [0.3, 0.4) is 0 Å². The van der Waals surface area contributed by atoms with Crippen molar-refractivity contribution in [3.63, 3.8) is 0 Å². The van der Waals surface area contributed by atoms with Crippen molar-refractivity contribution in [1.29, 1.82) is 0 Å². The molecule has 80 valence electrons. The Balaban J connectivity index is 3.09. The summed E-state index contributed by atoms with van der Waals surface area (Å²) in [4.78, 5) is 11.8. The third-order valence-electron chi connectivity index (χ3n) is 2.01. The molecule has 1 rings (SSSR count). The van der Waals surface area contributed by atoms with Crippen molar-refractivity contribution in [3.8, 4) is 0 Å². The lowest BCUT2D eigenvalue weighted by Gasteiger charge is -2.06. The minimum Gasteiger partial charge on any atom is -0.294 e. The number of halogens is 2. The maximum atomic E-state index is 11.8. The fourth-order valence-electron chi connectivity index (χ4n) is 1.23. The summed E-state index contributed by atoms with van der Waals surface area (Å²) in [5.74, 6) is 0.0382. The zero-order chi connectivity index (χ0) is 11.6. The van der Waals surface area contributed by atoms with Crippen LogP contribution in [0.15, 0.2) is 28.8 Å². The van der Waals surface area contributed by atoms with Gasteiger partial charge in [0.25, 0.3) is 0 Å². The van der Waals surface area contributed by atoms with E-state index in [1.54, 1.807) is 6.07 Å². The molecule has 0 aromatic heterocycles. The second-order valence-corrected chi connectivity index (χ2v) is 4.90. The van der Waals surface area contributed by atoms with Crippen molar-refractivity contribution in [3.05, 3.63) is 44.9 Å². The molecule has 0 saturated heterocycles. The number of carbonyl (C=O) groups is 1. The predicted octanol–water partition coefficient (Wildman–Crippen LogP) is 4.56. The van der Waals surface area contributed by atoms with Gasteiger partial charge in [0.2, 0.25) is 0 Å². The maximum absolute atomic E-state index is 11.8. The van der Waals surface area contributed by atoms with E-state index in [0.29, 0.717) is 17.0 Å². The van der Waals surface area contributed by atoms with Crippen molar-refractivity contribution in [2.75, 3.05) is 0 Å². The van der Waals surface area contributed by atoms with Gasteiger partial charge < -0.3 is 0 Å². The largest absolute Gasteiger partial charge is 0.294 e. The van der Waals surface area contributed by atoms with Gasteiger partial charge in [0, 0.05) is 21.5 Å². The van der Waals surface area contributed by atoms with Crippen LogP contribution >= 0.6 is 27.5 Å². The van der Waals surface area contributed by atoms with Crippen molar-refractivity contribution >= 4 is 33.3 Å². The molecule has 0 aliphatic rings. The van der Waals surface area contributed by atoms with E-state index >= 15 is 0 Å². The summed E-state index contributed by atoms with van der Waals surface area (Å²) in [6.45, 7) is 7.46. The number of hydrogen-bond acceptors (Lipinski definition) is 1. The number of allylic oxidation sites excluding steroid dienone is 1. The normalized spacial score (nSPS) is 10.1. The molecular weight excluding hydrogens is 275 g/mol. The van der Waals surface area contributed by atoms with E-state index in [0.717, 1.165) is 15.6 Å². The molecule has 1 aromatic carbocycles. The second-order valence-electron chi connectivity index (χ2n) is 3.64. The highest BCUT2D eigenvalue weighted by Gasteiger charge is 2.12. The quantitative estimate of drug-likeness (QED) is 0.588. The molecule has 0 unspecified atom stereocenters. The third kappa shape index (κ3) is 3.18. The van der Waals surface area contributed by atoms with Crippen molar-refractivity contribution < 1.29 is 4.79 Å². The van der Waals surface area contributed by atoms with E-state index in [4.69, 9.17) is 11.6 Å². The van der Waals surface area contributed by atoms with Crippen molar-refractivity contribution in [1.82, 2.24) is 0 Å². The van der Waals surface area contributed by atoms with E-state index in [9.17, 15) is 4.79 Å². The van der Waals surface area contributed by atoms with Gasteiger partial charge >= 0.3 is 0 Å². The Kier molecular flexibility index (Phi) is 4.12. The van der Waals surface area contributed by atoms with Crippen LogP contribution in [0.1, 0.15) is 29.3 Å². The summed E-state index contributed by atoms with van der Waals surface area (Å²) < 4.78 is 0.788. The molecule has 0 fully saturated rings. The molecule has 0 aliphatic heterocycles. The standard InChI is InChI=1S/C12H12BrClO/c1-7(2)4-12(15)9-6-11(14)8(3)5-10(9)13/h5-6H,1,4H2,2-3H3. The zero-order valence-corrected chi connectivity index (χ0v) is 11.1. The van der Waals surface area contributed by atoms with Crippen molar-refractivity contribution in [2.24, 2.45) is 0 Å². The first kappa shape index (κ1) is 12.5. The predicted molar refractivity (Wildman–Crippen MR) is 67.7 cm³/mol. The number of rotatable bonds is 3. The molecule has 0 saturated carbocycles. The molecule has 0 N–H and O–H groups in total. The molecule has 1 aromatic rings. The van der Waals surface area contributed by atoms with Gasteiger partial charge in [0.15, 0.2) is 5.78 Å². The van der Waals surface area contributed by atoms with Gasteiger partial charge in [-0.15, -0.1) is 0 Å². The van der Waals surface area contributed by atoms with Crippen molar-refractivity contribution in [2.45, 2.75) is 20.3 Å². The Morgan fingerprint density at radius 2 is 2.13 bits per heavy atom. The fourth-order valence-corrected chi connectivity index (χ4v) is 2.07. The molecule has 15 heavy (non-hydrogen) atoms. The van der Waals surface area contributed by atoms with E-state index < -0.39 is 0 Å². The molecule has 1 nitrogen and oxygen atoms in total. The monoisotopic (exact) mass is 286 g/mol. The van der Waals surface area contributed by atoms with E-state index in [1.165, 1.54) is 0 Å². The lowest BCUT2D eigenvalue weighted by atomic mass is 10.0. The number of hydrogen-bond donors (Lipinski definition) is 0. The molecule has 0 atom stereocenters. The van der Waals surface area contributed by atoms with Crippen LogP contribution in [0, 0.1) is 6.92 Å². The van der Waals surface area contributed by atoms with Gasteiger partial charge in [-0.3, -0.25) is 4.79 Å². The lowest BCUT2D eigenvalue weighted by Crippen LogP contribution is -2.01. The number of carbonyl (C=O) groups excluding carboxylic acids is 1. The fraction of sp³-hybridized carbons (Fsp3) is 0.250. The van der Waals surface area contributed by atoms with Crippen LogP contribution in [0.2, 0.25) is 5.02 Å². The van der Waals surface area contributed by atoms with E-state index in [1.807, 2.05) is 19.9 Å². The van der Waals surface area contributed by atoms with Gasteiger partial charge in [-0.05, 0) is 31.5 Å². The van der Waals surface area contributed by atoms with Gasteiger partial charge in [-0.25, -0.2) is 0 Å². The summed E-state index contributed by atoms with van der Waals surface area (Å²) in [7, 11) is 0. The molecule has 0 heterocycles. The highest BCUT2D eigenvalue weighted by molar-refractivity contribution is 9.10. The maximum Gasteiger partial charge on any atom is 0.168 e. The van der Waals surface area contributed by atoms with E-state index in [-0.39, 0.29) is 5.78 Å². The van der Waals surface area contributed by atoms with Gasteiger partial charge in [-0.2, -0.15) is 0 Å². The van der Waals surface area contributed by atoms with Crippen LogP contribution in [0.5, 0.6) is 0 Å². The zero-order valence-electron chi connectivity index (χ0n) is 8.73. The number of aryl methyl sites for hydroxylation is 1. The minimum absolute atomic E-state index is 0.0382. The molecule has 0 radical (unpaired) electrons. The average Bonchev–Trinajstić information content (AvgIpc) is 2.09. The SMILES string of the molecule is C=C(C)CC(=O)c1cc(Cl)c(C)cc1Br. The summed E-state index contributed by atoms with van der Waals surface area (Å²) in [5, 5.41) is 0.614. The summed E-state index contributed by atoms with van der Waals surface area (Å²) >= 11 is 9.33. The molecule has 3 heteroatoms. The Morgan fingerprint density at radius 3 is 2.67 bits per heavy atom. The molecular formula is C12H12BrClO. The van der Waals surface area contributed by atoms with Crippen LogP contribution < -0.4 is 0 Å². The van der Waals surface area contributed by atoms with E-state index in [2.05, 4.69) is 22.5 Å². The van der Waals surface area contributed by atoms with Gasteiger partial charge in [0.1, 0.15) is 0 Å². The Labute approximate surface area is 103 Å². The number of Topliss-reactive ketones (excluding diaryl/α,β-unsaturated/α-hetero) is 1. The lowest BCUT2D eigenvalue weighted by molar-refractivity contribution is 0.0992. The first-order chi connectivity index (χ1) is 6.91. The van der Waals surface area contributed by atoms with Gasteiger partial charge in [0.05, 0.1) is 0 Å². The topological polar surface area (TPSA) is 17.1 Å². The van der Waals surface area contributed by atoms with Gasteiger partial charge in [-0.1, -0.05) is 39.7 Å². The Bertz CT molecular complexity index is 424. The van der Waals surface area contributed by atoms with Crippen LogP contribution in [-0.2, 0) is 0 Å². The molecule has 0 aliphatic carbocycles. The first-order valence-electron chi connectivity index (χ1n) is 4.55. The number of ketones is 1. The highest BCUT2D eigenvalue weighted by Crippen LogP contribution is 2.26. The van der Waals surface area contributed by atoms with Crippen LogP contribution in [0.4, 0.5) is 0 Å². The first-order valence-corrected chi connectivity index (χ1v) is 5.72. The second kappa shape index (κ2) is 4.95. The summed E-state index contributed by atoms with van der Waals surface area (Å²) in [6, 6.07) is 3.56. The molecule has 0 amide bonds. The number of benzene rings is 1. The molecule has 0 spiro atoms. The van der Waals surface area contributed by atoms with Crippen LogP contribution in [-0.4, -0.2) is 5.78 Å². The Hall–Kier alpha value is -0.600.